The Hall–Kier alpha value is -0.770. The van der Waals surface area contributed by atoms with E-state index in [4.69, 9.17) is 9.47 Å². The van der Waals surface area contributed by atoms with Crippen molar-refractivity contribution < 1.29 is 34.7 Å². The van der Waals surface area contributed by atoms with Gasteiger partial charge < -0.3 is 29.9 Å². The number of rotatable bonds is 7. The molecule has 21 heavy (non-hydrogen) atoms. The summed E-state index contributed by atoms with van der Waals surface area (Å²) in [5.41, 5.74) is 0. The monoisotopic (exact) mass is 307 g/mol. The second-order valence-electron chi connectivity index (χ2n) is 5.21. The molecule has 0 aromatic heterocycles. The molecule has 0 saturated carbocycles. The summed E-state index contributed by atoms with van der Waals surface area (Å²) in [7, 11) is 0. The molecule has 0 aliphatic carbocycles. The van der Waals surface area contributed by atoms with Crippen molar-refractivity contribution in [2.75, 3.05) is 19.8 Å². The summed E-state index contributed by atoms with van der Waals surface area (Å²) in [6.45, 7) is 3.19. The van der Waals surface area contributed by atoms with Crippen LogP contribution in [0, 0.1) is 0 Å². The molecule has 6 atom stereocenters. The molecular weight excluding hydrogens is 282 g/mol. The number of carbonyl (C=O) groups is 1. The van der Waals surface area contributed by atoms with Gasteiger partial charge >= 0.3 is 5.97 Å². The van der Waals surface area contributed by atoms with Gasteiger partial charge in [-0.3, -0.25) is 10.1 Å². The zero-order valence-corrected chi connectivity index (χ0v) is 12.3. The summed E-state index contributed by atoms with van der Waals surface area (Å²) in [6.07, 6.45) is -3.92. The largest absolute Gasteiger partial charge is 0.465 e. The molecule has 8 nitrogen and oxygen atoms in total. The lowest BCUT2D eigenvalue weighted by Gasteiger charge is -2.36. The summed E-state index contributed by atoms with van der Waals surface area (Å²) >= 11 is 0. The van der Waals surface area contributed by atoms with E-state index in [9.17, 15) is 25.2 Å². The van der Waals surface area contributed by atoms with Crippen LogP contribution in [0.2, 0.25) is 0 Å². The Morgan fingerprint density at radius 1 is 1.38 bits per heavy atom. The number of hydrogen-bond donors (Lipinski definition) is 5. The molecule has 0 bridgehead atoms. The third-order valence-corrected chi connectivity index (χ3v) is 3.43. The van der Waals surface area contributed by atoms with Gasteiger partial charge in [-0.05, 0) is 20.3 Å². The topological polar surface area (TPSA) is 128 Å². The predicted molar refractivity (Wildman–Crippen MR) is 72.5 cm³/mol. The molecule has 0 aromatic rings. The number of hydrogen-bond acceptors (Lipinski definition) is 8. The van der Waals surface area contributed by atoms with Crippen LogP contribution in [-0.4, -0.2) is 82.7 Å². The molecule has 1 heterocycles. The quantitative estimate of drug-likeness (QED) is 0.334. The van der Waals surface area contributed by atoms with E-state index >= 15 is 0 Å². The lowest BCUT2D eigenvalue weighted by Crippen LogP contribution is -2.55. The van der Waals surface area contributed by atoms with Gasteiger partial charge in [-0.1, -0.05) is 0 Å². The zero-order chi connectivity index (χ0) is 16.0. The molecule has 6 unspecified atom stereocenters. The molecule has 1 saturated heterocycles. The van der Waals surface area contributed by atoms with Gasteiger partial charge in [0.25, 0.3) is 0 Å². The van der Waals surface area contributed by atoms with E-state index in [0.29, 0.717) is 6.42 Å². The number of carbonyl (C=O) groups excluding carboxylic acids is 1. The maximum atomic E-state index is 11.6. The Labute approximate surface area is 123 Å². The molecule has 8 heteroatoms. The smallest absolute Gasteiger partial charge is 0.325 e. The zero-order valence-electron chi connectivity index (χ0n) is 12.3. The van der Waals surface area contributed by atoms with E-state index in [0.717, 1.165) is 0 Å². The molecular formula is C13H25NO7. The average molecular weight is 307 g/mol. The van der Waals surface area contributed by atoms with Crippen molar-refractivity contribution in [1.82, 2.24) is 5.32 Å². The van der Waals surface area contributed by atoms with Crippen LogP contribution in [0.15, 0.2) is 0 Å². The van der Waals surface area contributed by atoms with Crippen molar-refractivity contribution in [3.8, 4) is 0 Å². The van der Waals surface area contributed by atoms with Gasteiger partial charge in [0.05, 0.1) is 25.9 Å². The maximum Gasteiger partial charge on any atom is 0.325 e. The van der Waals surface area contributed by atoms with E-state index in [1.165, 1.54) is 0 Å². The second kappa shape index (κ2) is 8.62. The van der Waals surface area contributed by atoms with Crippen LogP contribution < -0.4 is 5.32 Å². The first-order valence-corrected chi connectivity index (χ1v) is 7.10. The Morgan fingerprint density at radius 2 is 2.05 bits per heavy atom. The van der Waals surface area contributed by atoms with Crippen molar-refractivity contribution >= 4 is 5.97 Å². The molecule has 0 spiro atoms. The van der Waals surface area contributed by atoms with Crippen LogP contribution in [0.4, 0.5) is 0 Å². The van der Waals surface area contributed by atoms with E-state index < -0.39 is 43.0 Å². The van der Waals surface area contributed by atoms with E-state index in [2.05, 4.69) is 5.32 Å². The Morgan fingerprint density at radius 3 is 2.62 bits per heavy atom. The highest BCUT2D eigenvalue weighted by atomic mass is 16.5. The lowest BCUT2D eigenvalue weighted by molar-refractivity contribution is -0.189. The Bertz CT molecular complexity index is 328. The summed E-state index contributed by atoms with van der Waals surface area (Å²) in [4.78, 5) is 11.6. The number of aliphatic hydroxyl groups is 4. The third-order valence-electron chi connectivity index (χ3n) is 3.43. The van der Waals surface area contributed by atoms with Crippen LogP contribution in [0.1, 0.15) is 20.3 Å². The highest BCUT2D eigenvalue weighted by Gasteiger charge is 2.38. The van der Waals surface area contributed by atoms with Crippen molar-refractivity contribution in [1.29, 1.82) is 0 Å². The molecule has 124 valence electrons. The summed E-state index contributed by atoms with van der Waals surface area (Å²) in [5, 5.41) is 40.9. The first kappa shape index (κ1) is 18.3. The molecule has 0 amide bonds. The minimum Gasteiger partial charge on any atom is -0.465 e. The van der Waals surface area contributed by atoms with E-state index in [1.807, 2.05) is 0 Å². The first-order chi connectivity index (χ1) is 9.90. The maximum absolute atomic E-state index is 11.6. The van der Waals surface area contributed by atoms with Gasteiger partial charge in [-0.15, -0.1) is 0 Å². The standard InChI is InChI=1S/C13H25NO7/c1-3-20-13(19)8(5-15)14-7(2)4-10-12(18)11(17)9(16)6-21-10/h7-12,14-18H,3-6H2,1-2H3. The lowest BCUT2D eigenvalue weighted by atomic mass is 9.95. The Kier molecular flexibility index (Phi) is 7.50. The van der Waals surface area contributed by atoms with Gasteiger partial charge in [0.2, 0.25) is 0 Å². The summed E-state index contributed by atoms with van der Waals surface area (Å²) < 4.78 is 10.1. The fourth-order valence-corrected chi connectivity index (χ4v) is 2.27. The van der Waals surface area contributed by atoms with Gasteiger partial charge in [0.15, 0.2) is 0 Å². The number of nitrogens with one attached hydrogen (secondary N) is 1. The summed E-state index contributed by atoms with van der Waals surface area (Å²) in [6, 6.07) is -1.12. The van der Waals surface area contributed by atoms with Crippen LogP contribution in [0.3, 0.4) is 0 Å². The van der Waals surface area contributed by atoms with Gasteiger partial charge in [0, 0.05) is 6.04 Å². The van der Waals surface area contributed by atoms with Crippen LogP contribution in [-0.2, 0) is 14.3 Å². The van der Waals surface area contributed by atoms with Crippen LogP contribution in [0.25, 0.3) is 0 Å². The third kappa shape index (κ3) is 5.17. The van der Waals surface area contributed by atoms with E-state index in [1.54, 1.807) is 13.8 Å². The minimum atomic E-state index is -1.25. The van der Waals surface area contributed by atoms with Crippen molar-refractivity contribution in [3.63, 3.8) is 0 Å². The number of aliphatic hydroxyl groups excluding tert-OH is 4. The molecule has 1 fully saturated rings. The first-order valence-electron chi connectivity index (χ1n) is 7.10. The average Bonchev–Trinajstić information content (AvgIpc) is 2.45. The molecule has 1 rings (SSSR count). The molecule has 0 aromatic carbocycles. The molecule has 1 aliphatic rings. The van der Waals surface area contributed by atoms with Gasteiger partial charge in [-0.2, -0.15) is 0 Å². The summed E-state index contributed by atoms with van der Waals surface area (Å²) in [5.74, 6) is -0.549. The SMILES string of the molecule is CCOC(=O)C(CO)NC(C)CC1OCC(O)C(O)C1O. The minimum absolute atomic E-state index is 0.0586. The number of esters is 1. The highest BCUT2D eigenvalue weighted by Crippen LogP contribution is 2.19. The van der Waals surface area contributed by atoms with Crippen molar-refractivity contribution in [2.24, 2.45) is 0 Å². The molecule has 1 aliphatic heterocycles. The predicted octanol–water partition coefficient (Wildman–Crippen LogP) is -2.24. The van der Waals surface area contributed by atoms with Gasteiger partial charge in [0.1, 0.15) is 24.4 Å². The normalized spacial score (nSPS) is 32.5. The molecule has 5 N–H and O–H groups in total. The van der Waals surface area contributed by atoms with Crippen LogP contribution in [0.5, 0.6) is 0 Å². The fourth-order valence-electron chi connectivity index (χ4n) is 2.27. The van der Waals surface area contributed by atoms with Crippen molar-refractivity contribution in [2.45, 2.75) is 56.8 Å². The van der Waals surface area contributed by atoms with Gasteiger partial charge in [-0.25, -0.2) is 0 Å². The fraction of sp³-hybridized carbons (Fsp3) is 0.923. The number of ether oxygens (including phenoxy) is 2. The second-order valence-corrected chi connectivity index (χ2v) is 5.21. The van der Waals surface area contributed by atoms with E-state index in [-0.39, 0.29) is 19.3 Å². The highest BCUT2D eigenvalue weighted by molar-refractivity contribution is 5.75. The Balaban J connectivity index is 2.48. The molecule has 0 radical (unpaired) electrons. The van der Waals surface area contributed by atoms with Crippen LogP contribution >= 0.6 is 0 Å². The van der Waals surface area contributed by atoms with Crippen molar-refractivity contribution in [3.05, 3.63) is 0 Å².